The van der Waals surface area contributed by atoms with Gasteiger partial charge >= 0.3 is 5.97 Å². The molecule has 0 atom stereocenters. The lowest BCUT2D eigenvalue weighted by atomic mass is 10.2. The largest absolute Gasteiger partial charge is 0.507 e. The first-order valence-corrected chi connectivity index (χ1v) is 7.23. The molecule has 0 radical (unpaired) electrons. The van der Waals surface area contributed by atoms with Crippen LogP contribution in [0.5, 0.6) is 5.75 Å². The third kappa shape index (κ3) is 4.07. The van der Waals surface area contributed by atoms with Crippen LogP contribution in [-0.4, -0.2) is 21.2 Å². The molecule has 22 heavy (non-hydrogen) atoms. The third-order valence-corrected chi connectivity index (χ3v) is 3.40. The maximum atomic E-state index is 10.3. The summed E-state index contributed by atoms with van der Waals surface area (Å²) in [5.74, 6) is -1.31. The summed E-state index contributed by atoms with van der Waals surface area (Å²) in [5, 5.41) is 19.9. The van der Waals surface area contributed by atoms with Crippen LogP contribution in [0.25, 0.3) is 11.3 Å². The fraction of sp³-hybridized carbons (Fsp3) is 0. The van der Waals surface area contributed by atoms with Crippen molar-refractivity contribution < 1.29 is 15.0 Å². The van der Waals surface area contributed by atoms with Crippen LogP contribution < -0.4 is 5.73 Å². The number of nitrogen functional groups attached to an aromatic ring is 1. The van der Waals surface area contributed by atoms with E-state index in [0.29, 0.717) is 5.13 Å². The fourth-order valence-electron chi connectivity index (χ4n) is 1.68. The highest BCUT2D eigenvalue weighted by atomic mass is 32.1. The third-order valence-electron chi connectivity index (χ3n) is 2.73. The van der Waals surface area contributed by atoms with E-state index < -0.39 is 5.97 Å². The zero-order valence-electron chi connectivity index (χ0n) is 11.5. The smallest absolute Gasteiger partial charge is 0.339 e. The van der Waals surface area contributed by atoms with Crippen molar-refractivity contribution in [2.45, 2.75) is 0 Å². The van der Waals surface area contributed by atoms with E-state index in [1.165, 1.54) is 23.5 Å². The van der Waals surface area contributed by atoms with Gasteiger partial charge in [0.25, 0.3) is 0 Å². The van der Waals surface area contributed by atoms with Crippen LogP contribution in [-0.2, 0) is 0 Å². The average molecular weight is 314 g/mol. The Balaban J connectivity index is 0.000000164. The van der Waals surface area contributed by atoms with Gasteiger partial charge in [-0.3, -0.25) is 0 Å². The van der Waals surface area contributed by atoms with Crippen LogP contribution in [0, 0.1) is 0 Å². The van der Waals surface area contributed by atoms with Crippen molar-refractivity contribution >= 4 is 22.4 Å². The molecule has 3 rings (SSSR count). The highest BCUT2D eigenvalue weighted by Crippen LogP contribution is 2.22. The van der Waals surface area contributed by atoms with Crippen LogP contribution >= 0.6 is 11.3 Å². The Bertz CT molecular complexity index is 757. The van der Waals surface area contributed by atoms with E-state index >= 15 is 0 Å². The lowest BCUT2D eigenvalue weighted by Gasteiger charge is -1.95. The maximum absolute atomic E-state index is 10.3. The summed E-state index contributed by atoms with van der Waals surface area (Å²) in [4.78, 5) is 14.4. The number of aromatic hydroxyl groups is 1. The lowest BCUT2D eigenvalue weighted by Crippen LogP contribution is -1.95. The summed E-state index contributed by atoms with van der Waals surface area (Å²) in [5.41, 5.74) is 7.53. The molecule has 0 aliphatic carbocycles. The van der Waals surface area contributed by atoms with Crippen molar-refractivity contribution in [3.8, 4) is 17.0 Å². The minimum atomic E-state index is -1.11. The van der Waals surface area contributed by atoms with Gasteiger partial charge in [-0.05, 0) is 12.1 Å². The van der Waals surface area contributed by atoms with Gasteiger partial charge in [0.05, 0.1) is 5.69 Å². The van der Waals surface area contributed by atoms with Crippen LogP contribution in [0.4, 0.5) is 5.13 Å². The van der Waals surface area contributed by atoms with Crippen LogP contribution in [0.15, 0.2) is 60.0 Å². The molecule has 0 fully saturated rings. The molecule has 0 saturated heterocycles. The molecule has 0 spiro atoms. The van der Waals surface area contributed by atoms with Gasteiger partial charge < -0.3 is 15.9 Å². The number of carbonyl (C=O) groups is 1. The van der Waals surface area contributed by atoms with Crippen molar-refractivity contribution in [1.29, 1.82) is 0 Å². The summed E-state index contributed by atoms with van der Waals surface area (Å²) in [7, 11) is 0. The number of hydrogen-bond donors (Lipinski definition) is 3. The molecule has 6 heteroatoms. The van der Waals surface area contributed by atoms with E-state index in [2.05, 4.69) is 4.98 Å². The van der Waals surface area contributed by atoms with E-state index in [1.807, 2.05) is 35.7 Å². The predicted molar refractivity (Wildman–Crippen MR) is 87.0 cm³/mol. The van der Waals surface area contributed by atoms with E-state index in [9.17, 15) is 4.79 Å². The quantitative estimate of drug-likeness (QED) is 0.673. The molecule has 0 amide bonds. The van der Waals surface area contributed by atoms with Crippen LogP contribution in [0.1, 0.15) is 10.4 Å². The number of benzene rings is 2. The summed E-state index contributed by atoms with van der Waals surface area (Å²) in [6, 6.07) is 15.8. The average Bonchev–Trinajstić information content (AvgIpc) is 2.96. The highest BCUT2D eigenvalue weighted by Gasteiger charge is 2.05. The van der Waals surface area contributed by atoms with Gasteiger partial charge in [-0.25, -0.2) is 9.78 Å². The standard InChI is InChI=1S/C9H8N2S.C7H6O3/c10-9-11-8(6-12-9)7-4-2-1-3-5-7;8-6-4-2-1-3-5(6)7(9)10/h1-6H,(H2,10,11);1-4,8H,(H,9,10). The zero-order chi connectivity index (χ0) is 15.9. The molecular formula is C16H14N2O3S. The van der Waals surface area contributed by atoms with Crippen molar-refractivity contribution in [2.24, 2.45) is 0 Å². The topological polar surface area (TPSA) is 96.4 Å². The zero-order valence-corrected chi connectivity index (χ0v) is 12.3. The second kappa shape index (κ2) is 7.24. The number of nitrogens with two attached hydrogens (primary N) is 1. The van der Waals surface area contributed by atoms with Gasteiger partial charge in [0.15, 0.2) is 5.13 Å². The number of phenols is 1. The Labute approximate surface area is 131 Å². The minimum Gasteiger partial charge on any atom is -0.507 e. The summed E-state index contributed by atoms with van der Waals surface area (Å²) in [6.07, 6.45) is 0. The first-order chi connectivity index (χ1) is 10.6. The minimum absolute atomic E-state index is 0.0671. The van der Waals surface area contributed by atoms with Crippen LogP contribution in [0.3, 0.4) is 0 Å². The molecule has 1 aromatic heterocycles. The summed E-state index contributed by atoms with van der Waals surface area (Å²) in [6.45, 7) is 0. The lowest BCUT2D eigenvalue weighted by molar-refractivity contribution is 0.0693. The molecule has 0 unspecified atom stereocenters. The van der Waals surface area contributed by atoms with Gasteiger partial charge in [-0.15, -0.1) is 11.3 Å². The molecule has 3 aromatic rings. The Kier molecular flexibility index (Phi) is 5.11. The molecule has 1 heterocycles. The second-order valence-electron chi connectivity index (χ2n) is 4.26. The number of aromatic carboxylic acids is 1. The number of nitrogens with zero attached hydrogens (tertiary/aromatic N) is 1. The van der Waals surface area contributed by atoms with E-state index in [4.69, 9.17) is 15.9 Å². The molecule has 0 bridgehead atoms. The first kappa shape index (κ1) is 15.5. The number of carboxylic acid groups (broad SMARTS) is 1. The molecule has 0 aliphatic rings. The van der Waals surface area contributed by atoms with Gasteiger partial charge in [0.2, 0.25) is 0 Å². The number of thiazole rings is 1. The van der Waals surface area contributed by atoms with E-state index in [-0.39, 0.29) is 11.3 Å². The highest BCUT2D eigenvalue weighted by molar-refractivity contribution is 7.13. The molecule has 0 aliphatic heterocycles. The van der Waals surface area contributed by atoms with E-state index in [1.54, 1.807) is 12.1 Å². The predicted octanol–water partition coefficient (Wildman–Crippen LogP) is 3.48. The SMILES string of the molecule is Nc1nc(-c2ccccc2)cs1.O=C(O)c1ccccc1O. The van der Waals surface area contributed by atoms with Gasteiger partial charge in [0.1, 0.15) is 11.3 Å². The second-order valence-corrected chi connectivity index (χ2v) is 5.15. The Morgan fingerprint density at radius 2 is 1.68 bits per heavy atom. The number of carboxylic acids is 1. The molecule has 4 N–H and O–H groups in total. The van der Waals surface area contributed by atoms with Crippen molar-refractivity contribution in [1.82, 2.24) is 4.98 Å². The van der Waals surface area contributed by atoms with Crippen molar-refractivity contribution in [3.63, 3.8) is 0 Å². The fourth-order valence-corrected chi connectivity index (χ4v) is 2.26. The van der Waals surface area contributed by atoms with Crippen molar-refractivity contribution in [2.75, 3.05) is 5.73 Å². The molecule has 2 aromatic carbocycles. The van der Waals surface area contributed by atoms with Gasteiger partial charge in [-0.2, -0.15) is 0 Å². The van der Waals surface area contributed by atoms with Crippen LogP contribution in [0.2, 0.25) is 0 Å². The Morgan fingerprint density at radius 3 is 2.18 bits per heavy atom. The maximum Gasteiger partial charge on any atom is 0.339 e. The Morgan fingerprint density at radius 1 is 1.05 bits per heavy atom. The van der Waals surface area contributed by atoms with Gasteiger partial charge in [-0.1, -0.05) is 42.5 Å². The van der Waals surface area contributed by atoms with Gasteiger partial charge in [0, 0.05) is 10.9 Å². The molecule has 112 valence electrons. The summed E-state index contributed by atoms with van der Waals surface area (Å²) >= 11 is 1.47. The summed E-state index contributed by atoms with van der Waals surface area (Å²) < 4.78 is 0. The number of rotatable bonds is 2. The number of aromatic nitrogens is 1. The first-order valence-electron chi connectivity index (χ1n) is 6.35. The molecule has 0 saturated carbocycles. The van der Waals surface area contributed by atoms with Crippen molar-refractivity contribution in [3.05, 3.63) is 65.5 Å². The van der Waals surface area contributed by atoms with E-state index in [0.717, 1.165) is 11.3 Å². The number of para-hydroxylation sites is 1. The normalized spacial score (nSPS) is 9.64. The Hall–Kier alpha value is -2.86. The number of hydrogen-bond acceptors (Lipinski definition) is 5. The monoisotopic (exact) mass is 314 g/mol. The molecular weight excluding hydrogens is 300 g/mol. The number of anilines is 1. The molecule has 5 nitrogen and oxygen atoms in total.